The van der Waals surface area contributed by atoms with E-state index in [1.807, 2.05) is 48.5 Å². The van der Waals surface area contributed by atoms with Crippen molar-refractivity contribution in [2.24, 2.45) is 5.10 Å². The summed E-state index contributed by atoms with van der Waals surface area (Å²) in [4.78, 5) is 0. The third-order valence-electron chi connectivity index (χ3n) is 4.28. The van der Waals surface area contributed by atoms with Crippen LogP contribution in [0.15, 0.2) is 77.9 Å². The van der Waals surface area contributed by atoms with E-state index in [0.29, 0.717) is 5.11 Å². The molecule has 0 radical (unpaired) electrons. The molecule has 2 N–H and O–H groups in total. The molecule has 128 valence electrons. The Balaban J connectivity index is 1.60. The van der Waals surface area contributed by atoms with Crippen LogP contribution in [0.25, 0.3) is 11.1 Å². The number of rotatable bonds is 3. The van der Waals surface area contributed by atoms with Crippen molar-refractivity contribution in [2.45, 2.75) is 0 Å². The van der Waals surface area contributed by atoms with Gasteiger partial charge in [-0.05, 0) is 35.5 Å². The number of hydrogen-bond donors (Lipinski definition) is 2. The van der Waals surface area contributed by atoms with Crippen molar-refractivity contribution in [3.05, 3.63) is 83.9 Å². The molecule has 0 aromatic heterocycles. The molecule has 0 saturated heterocycles. The van der Waals surface area contributed by atoms with E-state index < -0.39 is 0 Å². The van der Waals surface area contributed by atoms with Gasteiger partial charge in [0.05, 0.1) is 18.5 Å². The Kier molecular flexibility index (Phi) is 4.37. The zero-order valence-corrected chi connectivity index (χ0v) is 15.0. The van der Waals surface area contributed by atoms with Gasteiger partial charge in [0.1, 0.15) is 5.75 Å². The minimum Gasteiger partial charge on any atom is -0.495 e. The summed E-state index contributed by atoms with van der Waals surface area (Å²) < 4.78 is 5.33. The second kappa shape index (κ2) is 6.98. The Morgan fingerprint density at radius 3 is 1.96 bits per heavy atom. The van der Waals surface area contributed by atoms with Crippen molar-refractivity contribution in [3.63, 3.8) is 0 Å². The van der Waals surface area contributed by atoms with Crippen LogP contribution in [0, 0.1) is 0 Å². The van der Waals surface area contributed by atoms with Gasteiger partial charge in [-0.15, -0.1) is 0 Å². The maximum atomic E-state index is 5.39. The Hall–Kier alpha value is -3.18. The van der Waals surface area contributed by atoms with Gasteiger partial charge >= 0.3 is 0 Å². The molecule has 0 heterocycles. The van der Waals surface area contributed by atoms with Gasteiger partial charge in [0, 0.05) is 11.1 Å². The van der Waals surface area contributed by atoms with Crippen LogP contribution in [0.2, 0.25) is 0 Å². The summed E-state index contributed by atoms with van der Waals surface area (Å²) in [5, 5.41) is 8.11. The zero-order chi connectivity index (χ0) is 17.9. The second-order valence-electron chi connectivity index (χ2n) is 5.82. The number of methoxy groups -OCH3 is 1. The topological polar surface area (TPSA) is 45.6 Å². The standard InChI is InChI=1S/C21H17N3OS/c1-25-19-13-7-6-12-18(19)22-21(26)24-23-20-16-10-4-2-8-14(16)15-9-3-5-11-17(15)20/h2-13H,1H3,(H2,22,24,26). The highest BCUT2D eigenvalue weighted by Gasteiger charge is 2.24. The van der Waals surface area contributed by atoms with Crippen LogP contribution in [0.4, 0.5) is 5.69 Å². The molecule has 5 heteroatoms. The molecule has 0 fully saturated rings. The van der Waals surface area contributed by atoms with Crippen LogP contribution < -0.4 is 15.5 Å². The van der Waals surface area contributed by atoms with E-state index in [4.69, 9.17) is 17.0 Å². The first kappa shape index (κ1) is 16.3. The number of hydrazone groups is 1. The molecule has 0 amide bonds. The van der Waals surface area contributed by atoms with Crippen LogP contribution in [-0.2, 0) is 0 Å². The van der Waals surface area contributed by atoms with Crippen LogP contribution in [0.3, 0.4) is 0 Å². The predicted molar refractivity (Wildman–Crippen MR) is 110 cm³/mol. The summed E-state index contributed by atoms with van der Waals surface area (Å²) in [6.45, 7) is 0. The first-order chi connectivity index (χ1) is 12.8. The van der Waals surface area contributed by atoms with Crippen LogP contribution in [0.1, 0.15) is 11.1 Å². The Bertz CT molecular complexity index is 966. The van der Waals surface area contributed by atoms with Crippen molar-refractivity contribution in [2.75, 3.05) is 12.4 Å². The molecule has 0 spiro atoms. The number of nitrogens with zero attached hydrogens (tertiary/aromatic N) is 1. The Morgan fingerprint density at radius 2 is 1.35 bits per heavy atom. The Morgan fingerprint density at radius 1 is 0.808 bits per heavy atom. The monoisotopic (exact) mass is 359 g/mol. The van der Waals surface area contributed by atoms with Gasteiger partial charge in [-0.25, -0.2) is 0 Å². The fourth-order valence-electron chi connectivity index (χ4n) is 3.12. The van der Waals surface area contributed by atoms with Crippen LogP contribution in [-0.4, -0.2) is 17.9 Å². The zero-order valence-electron chi connectivity index (χ0n) is 14.2. The van der Waals surface area contributed by atoms with Crippen molar-refractivity contribution < 1.29 is 4.74 Å². The summed E-state index contributed by atoms with van der Waals surface area (Å²) in [6, 6.07) is 24.1. The number of fused-ring (bicyclic) bond motifs is 3. The van der Waals surface area contributed by atoms with E-state index in [2.05, 4.69) is 40.1 Å². The summed E-state index contributed by atoms with van der Waals surface area (Å²) in [6.07, 6.45) is 0. The first-order valence-electron chi connectivity index (χ1n) is 8.25. The van der Waals surface area contributed by atoms with Crippen molar-refractivity contribution in [3.8, 4) is 16.9 Å². The van der Waals surface area contributed by atoms with Gasteiger partial charge in [0.25, 0.3) is 0 Å². The normalized spacial score (nSPS) is 11.3. The minimum absolute atomic E-state index is 0.406. The van der Waals surface area contributed by atoms with E-state index in [1.54, 1.807) is 7.11 Å². The van der Waals surface area contributed by atoms with Crippen LogP contribution in [0.5, 0.6) is 5.75 Å². The minimum atomic E-state index is 0.406. The highest BCUT2D eigenvalue weighted by Crippen LogP contribution is 2.36. The Labute approximate surface area is 157 Å². The van der Waals surface area contributed by atoms with Crippen molar-refractivity contribution in [1.29, 1.82) is 0 Å². The fourth-order valence-corrected chi connectivity index (χ4v) is 3.27. The summed E-state index contributed by atoms with van der Waals surface area (Å²) >= 11 is 5.39. The summed E-state index contributed by atoms with van der Waals surface area (Å²) in [5.74, 6) is 0.723. The molecular formula is C21H17N3OS. The molecule has 4 rings (SSSR count). The average Bonchev–Trinajstić information content (AvgIpc) is 3.01. The van der Waals surface area contributed by atoms with E-state index >= 15 is 0 Å². The highest BCUT2D eigenvalue weighted by molar-refractivity contribution is 7.80. The molecule has 0 saturated carbocycles. The lowest BCUT2D eigenvalue weighted by Crippen LogP contribution is -2.25. The fraction of sp³-hybridized carbons (Fsp3) is 0.0476. The van der Waals surface area contributed by atoms with Crippen molar-refractivity contribution in [1.82, 2.24) is 5.43 Å². The molecule has 0 unspecified atom stereocenters. The van der Waals surface area contributed by atoms with Crippen molar-refractivity contribution >= 4 is 28.7 Å². The third-order valence-corrected chi connectivity index (χ3v) is 4.47. The number of ether oxygens (including phenoxy) is 1. The smallest absolute Gasteiger partial charge is 0.191 e. The van der Waals surface area contributed by atoms with Gasteiger partial charge in [-0.2, -0.15) is 5.10 Å². The number of thiocarbonyl (C=S) groups is 1. The highest BCUT2D eigenvalue weighted by atomic mass is 32.1. The average molecular weight is 359 g/mol. The lowest BCUT2D eigenvalue weighted by molar-refractivity contribution is 0.417. The number of nitrogens with one attached hydrogen (secondary N) is 2. The van der Waals surface area contributed by atoms with Crippen LogP contribution >= 0.6 is 12.2 Å². The quantitative estimate of drug-likeness (QED) is 0.420. The molecule has 4 nitrogen and oxygen atoms in total. The number of benzene rings is 3. The largest absolute Gasteiger partial charge is 0.495 e. The predicted octanol–water partition coefficient (Wildman–Crippen LogP) is 4.41. The maximum Gasteiger partial charge on any atom is 0.191 e. The molecule has 26 heavy (non-hydrogen) atoms. The maximum absolute atomic E-state index is 5.39. The summed E-state index contributed by atoms with van der Waals surface area (Å²) in [7, 11) is 1.63. The third kappa shape index (κ3) is 2.93. The van der Waals surface area contributed by atoms with E-state index in [1.165, 1.54) is 11.1 Å². The van der Waals surface area contributed by atoms with E-state index in [0.717, 1.165) is 28.3 Å². The molecule has 0 atom stereocenters. The number of anilines is 1. The number of hydrogen-bond acceptors (Lipinski definition) is 3. The van der Waals surface area contributed by atoms with Gasteiger partial charge in [-0.3, -0.25) is 5.43 Å². The van der Waals surface area contributed by atoms with Gasteiger partial charge in [-0.1, -0.05) is 60.7 Å². The van der Waals surface area contributed by atoms with Gasteiger partial charge in [0.15, 0.2) is 5.11 Å². The molecule has 0 bridgehead atoms. The second-order valence-corrected chi connectivity index (χ2v) is 6.23. The molecule has 1 aliphatic carbocycles. The SMILES string of the molecule is COc1ccccc1NC(=S)NN=C1c2ccccc2-c2ccccc21. The molecular weight excluding hydrogens is 342 g/mol. The first-order valence-corrected chi connectivity index (χ1v) is 8.65. The molecule has 3 aromatic carbocycles. The lowest BCUT2D eigenvalue weighted by atomic mass is 10.1. The lowest BCUT2D eigenvalue weighted by Gasteiger charge is -2.11. The van der Waals surface area contributed by atoms with Gasteiger partial charge < -0.3 is 10.1 Å². The molecule has 1 aliphatic rings. The molecule has 3 aromatic rings. The van der Waals surface area contributed by atoms with E-state index in [9.17, 15) is 0 Å². The van der Waals surface area contributed by atoms with Gasteiger partial charge in [0.2, 0.25) is 0 Å². The van der Waals surface area contributed by atoms with E-state index in [-0.39, 0.29) is 0 Å². The summed E-state index contributed by atoms with van der Waals surface area (Å²) in [5.41, 5.74) is 9.21. The number of para-hydroxylation sites is 2. The molecule has 0 aliphatic heterocycles.